The van der Waals surface area contributed by atoms with Crippen molar-refractivity contribution in [1.29, 1.82) is 0 Å². The van der Waals surface area contributed by atoms with Gasteiger partial charge in [-0.3, -0.25) is 15.0 Å². The predicted octanol–water partition coefficient (Wildman–Crippen LogP) is -2.63. The van der Waals surface area contributed by atoms with Crippen molar-refractivity contribution in [3.63, 3.8) is 0 Å². The van der Waals surface area contributed by atoms with Crippen LogP contribution in [-0.4, -0.2) is 69.8 Å². The van der Waals surface area contributed by atoms with Crippen molar-refractivity contribution in [2.75, 3.05) is 13.2 Å². The number of imide groups is 1. The van der Waals surface area contributed by atoms with Gasteiger partial charge >= 0.3 is 6.03 Å². The van der Waals surface area contributed by atoms with Gasteiger partial charge in [0.2, 0.25) is 5.91 Å². The molecule has 5 atom stereocenters. The summed E-state index contributed by atoms with van der Waals surface area (Å²) in [5.41, 5.74) is 0. The third-order valence-electron chi connectivity index (χ3n) is 2.79. The van der Waals surface area contributed by atoms with Crippen LogP contribution in [0.1, 0.15) is 7.77 Å². The minimum atomic E-state index is -1.40. The first-order chi connectivity index (χ1) is 8.45. The van der Waals surface area contributed by atoms with Gasteiger partial charge in [0, 0.05) is 14.3 Å². The molecule has 8 heteroatoms. The lowest BCUT2D eigenvalue weighted by Crippen LogP contribution is -2.56. The number of aliphatic hydroxyl groups excluding tert-OH is 3. The predicted molar refractivity (Wildman–Crippen MR) is 52.6 cm³/mol. The van der Waals surface area contributed by atoms with E-state index in [-0.39, 0.29) is 6.54 Å². The van der Waals surface area contributed by atoms with E-state index in [0.717, 1.165) is 4.90 Å². The van der Waals surface area contributed by atoms with Crippen molar-refractivity contribution in [3.05, 3.63) is 0 Å². The zero-order valence-electron chi connectivity index (χ0n) is 9.81. The summed E-state index contributed by atoms with van der Waals surface area (Å²) in [6.07, 6.45) is -6.08. The molecule has 2 saturated heterocycles. The van der Waals surface area contributed by atoms with Gasteiger partial charge in [-0.2, -0.15) is 0 Å². The SMILES string of the molecule is [2H]C1CN([13C@@H]2O[13C@H]([13CH2]O)[13C@@H](O)[13C@H]2O)C(=O)NC1=O. The average molecular weight is 252 g/mol. The number of carbonyl (C=O) groups is 2. The molecule has 96 valence electrons. The maximum Gasteiger partial charge on any atom is 0.326 e. The third-order valence-corrected chi connectivity index (χ3v) is 2.79. The van der Waals surface area contributed by atoms with E-state index in [4.69, 9.17) is 11.2 Å². The highest BCUT2D eigenvalue weighted by molar-refractivity contribution is 5.96. The molecule has 2 aliphatic heterocycles. The summed E-state index contributed by atoms with van der Waals surface area (Å²) in [7, 11) is 0. The Hall–Kier alpha value is -1.22. The Labute approximate surface area is 98.2 Å². The van der Waals surface area contributed by atoms with E-state index < -0.39 is 49.5 Å². The highest BCUT2D eigenvalue weighted by Crippen LogP contribution is 2.25. The molecule has 2 heterocycles. The van der Waals surface area contributed by atoms with Gasteiger partial charge in [0.1, 0.15) is 18.3 Å². The first kappa shape index (κ1) is 10.9. The summed E-state index contributed by atoms with van der Waals surface area (Å²) in [5.74, 6) is -0.719. The quantitative estimate of drug-likeness (QED) is 0.399. The number of nitrogens with one attached hydrogen (secondary N) is 1. The normalized spacial score (nSPS) is 43.6. The van der Waals surface area contributed by atoms with Crippen LogP contribution < -0.4 is 5.32 Å². The summed E-state index contributed by atoms with van der Waals surface area (Å²) < 4.78 is 12.6. The summed E-state index contributed by atoms with van der Waals surface area (Å²) >= 11 is 0. The molecule has 2 aliphatic rings. The second-order valence-electron chi connectivity index (χ2n) is 3.88. The van der Waals surface area contributed by atoms with Crippen molar-refractivity contribution in [2.45, 2.75) is 30.9 Å². The number of hydrogen-bond acceptors (Lipinski definition) is 6. The number of aliphatic hydroxyl groups is 3. The standard InChI is InChI=1S/C9H14N2O6/c12-3-4-6(14)7(15)8(17-4)11-2-1-5(13)10-9(11)16/h4,6-8,12,14-15H,1-3H2,(H,10,13,16)/t4-,6-,7-,8-/m1/s1/i1D,3+1,4+1,6+1,7+1,8+1/t1?,4-,6-,7-,8-. The van der Waals surface area contributed by atoms with Crippen molar-refractivity contribution < 1.29 is 31.0 Å². The molecule has 8 nitrogen and oxygen atoms in total. The first-order valence-corrected chi connectivity index (χ1v) is 5.12. The van der Waals surface area contributed by atoms with Gasteiger partial charge < -0.3 is 20.1 Å². The zero-order chi connectivity index (χ0) is 13.4. The topological polar surface area (TPSA) is 119 Å². The van der Waals surface area contributed by atoms with Gasteiger partial charge in [-0.05, 0) is 0 Å². The fraction of sp³-hybridized carbons (Fsp3) is 0.778. The Balaban J connectivity index is 2.12. The number of hydrogen-bond donors (Lipinski definition) is 4. The Bertz CT molecular complexity index is 367. The molecule has 0 saturated carbocycles. The van der Waals surface area contributed by atoms with E-state index in [1.807, 2.05) is 5.32 Å². The summed E-state index contributed by atoms with van der Waals surface area (Å²) in [6.45, 7) is -0.745. The van der Waals surface area contributed by atoms with E-state index >= 15 is 0 Å². The number of rotatable bonds is 2. The van der Waals surface area contributed by atoms with E-state index in [1.54, 1.807) is 0 Å². The molecule has 2 fully saturated rings. The molecule has 17 heavy (non-hydrogen) atoms. The molecule has 0 aromatic rings. The second kappa shape index (κ2) is 4.57. The largest absolute Gasteiger partial charge is 0.394 e. The summed E-state index contributed by atoms with van der Waals surface area (Å²) in [4.78, 5) is 23.6. The highest BCUT2D eigenvalue weighted by atomic mass is 16.8. The maximum absolute atomic E-state index is 11.6. The van der Waals surface area contributed by atoms with Gasteiger partial charge in [-0.25, -0.2) is 4.79 Å². The van der Waals surface area contributed by atoms with Crippen molar-refractivity contribution >= 4 is 11.9 Å². The maximum atomic E-state index is 11.6. The lowest BCUT2D eigenvalue weighted by molar-refractivity contribution is -0.125. The van der Waals surface area contributed by atoms with Crippen molar-refractivity contribution in [1.82, 2.24) is 10.2 Å². The number of ether oxygens (including phenoxy) is 1. The Morgan fingerprint density at radius 3 is 2.76 bits per heavy atom. The average Bonchev–Trinajstić information content (AvgIpc) is 2.61. The van der Waals surface area contributed by atoms with Gasteiger partial charge in [-0.1, -0.05) is 0 Å². The molecular formula is C9H14N2O6. The number of urea groups is 1. The van der Waals surface area contributed by atoms with Crippen LogP contribution in [0.5, 0.6) is 0 Å². The fourth-order valence-corrected chi connectivity index (χ4v) is 1.85. The van der Waals surface area contributed by atoms with E-state index in [9.17, 15) is 19.8 Å². The van der Waals surface area contributed by atoms with Crippen LogP contribution in [0.3, 0.4) is 0 Å². The van der Waals surface area contributed by atoms with Crippen LogP contribution in [0, 0.1) is 0 Å². The molecular weight excluding hydrogens is 237 g/mol. The molecule has 3 amide bonds. The number of amides is 3. The Morgan fingerprint density at radius 2 is 2.18 bits per heavy atom. The van der Waals surface area contributed by atoms with Gasteiger partial charge in [-0.15, -0.1) is 0 Å². The zero-order valence-corrected chi connectivity index (χ0v) is 8.81. The van der Waals surface area contributed by atoms with E-state index in [1.165, 1.54) is 0 Å². The van der Waals surface area contributed by atoms with Gasteiger partial charge in [0.05, 0.1) is 6.61 Å². The lowest BCUT2D eigenvalue weighted by atomic mass is 10.3. The van der Waals surface area contributed by atoms with Crippen LogP contribution in [0.15, 0.2) is 0 Å². The van der Waals surface area contributed by atoms with Crippen molar-refractivity contribution in [2.24, 2.45) is 0 Å². The van der Waals surface area contributed by atoms with Gasteiger partial charge in [0.15, 0.2) is 6.23 Å². The molecule has 0 radical (unpaired) electrons. The summed E-state index contributed by atoms with van der Waals surface area (Å²) in [6, 6.07) is -0.793. The van der Waals surface area contributed by atoms with Crippen molar-refractivity contribution in [3.8, 4) is 0 Å². The van der Waals surface area contributed by atoms with Crippen LogP contribution in [-0.2, 0) is 9.53 Å². The van der Waals surface area contributed by atoms with E-state index in [0.29, 0.717) is 0 Å². The molecule has 2 rings (SSSR count). The minimum Gasteiger partial charge on any atom is -0.394 e. The Morgan fingerprint density at radius 1 is 1.47 bits per heavy atom. The third kappa shape index (κ3) is 2.12. The summed E-state index contributed by atoms with van der Waals surface area (Å²) in [5, 5.41) is 30.2. The smallest absolute Gasteiger partial charge is 0.326 e. The lowest BCUT2D eigenvalue weighted by Gasteiger charge is -2.32. The van der Waals surface area contributed by atoms with Crippen LogP contribution in [0.2, 0.25) is 0 Å². The monoisotopic (exact) mass is 252 g/mol. The minimum absolute atomic E-state index is 0.239. The highest BCUT2D eigenvalue weighted by Gasteiger charge is 2.47. The molecule has 0 spiro atoms. The fourth-order valence-electron chi connectivity index (χ4n) is 1.85. The molecule has 0 aromatic heterocycles. The van der Waals surface area contributed by atoms with Crippen LogP contribution in [0.25, 0.3) is 0 Å². The first-order valence-electron chi connectivity index (χ1n) is 5.69. The molecule has 4 N–H and O–H groups in total. The molecule has 0 aromatic carbocycles. The molecule has 1 unspecified atom stereocenters. The number of nitrogens with zero attached hydrogens (tertiary/aromatic N) is 1. The van der Waals surface area contributed by atoms with E-state index in [2.05, 4.69) is 0 Å². The molecule has 0 bridgehead atoms. The number of carbonyl (C=O) groups excluding carboxylic acids is 2. The van der Waals surface area contributed by atoms with Gasteiger partial charge in [0.25, 0.3) is 0 Å². The Kier molecular flexibility index (Phi) is 2.93. The molecule has 0 aliphatic carbocycles. The van der Waals surface area contributed by atoms with Crippen LogP contribution in [0.4, 0.5) is 4.79 Å². The second-order valence-corrected chi connectivity index (χ2v) is 3.88. The van der Waals surface area contributed by atoms with Crippen LogP contribution >= 0.6 is 0 Å².